The second-order valence-corrected chi connectivity index (χ2v) is 6.44. The Morgan fingerprint density at radius 2 is 2.10 bits per heavy atom. The van der Waals surface area contributed by atoms with Crippen LogP contribution >= 0.6 is 0 Å². The van der Waals surface area contributed by atoms with Crippen molar-refractivity contribution in [2.45, 2.75) is 38.6 Å². The van der Waals surface area contributed by atoms with Crippen LogP contribution in [0.15, 0.2) is 24.8 Å². The molecule has 2 aliphatic rings. The lowest BCUT2D eigenvalue weighted by Crippen LogP contribution is -2.49. The van der Waals surface area contributed by atoms with Gasteiger partial charge in [0.2, 0.25) is 0 Å². The van der Waals surface area contributed by atoms with Crippen molar-refractivity contribution in [1.82, 2.24) is 19.7 Å². The van der Waals surface area contributed by atoms with Crippen LogP contribution < -0.4 is 4.90 Å². The second kappa shape index (κ2) is 5.13. The molecule has 4 rings (SSSR count). The van der Waals surface area contributed by atoms with Gasteiger partial charge in [-0.1, -0.05) is 6.42 Å². The SMILES string of the molecule is Cc1cnn(CC2CN(c3cc(C4CCC4)ncn3)C2)c1. The van der Waals surface area contributed by atoms with E-state index in [1.807, 2.05) is 6.20 Å². The quantitative estimate of drug-likeness (QED) is 0.864. The van der Waals surface area contributed by atoms with E-state index in [4.69, 9.17) is 0 Å². The maximum absolute atomic E-state index is 4.44. The van der Waals surface area contributed by atoms with Crippen LogP contribution in [-0.4, -0.2) is 32.8 Å². The maximum Gasteiger partial charge on any atom is 0.132 e. The molecule has 0 bridgehead atoms. The van der Waals surface area contributed by atoms with E-state index in [9.17, 15) is 0 Å². The third-order valence-electron chi connectivity index (χ3n) is 4.69. The zero-order chi connectivity index (χ0) is 14.2. The summed E-state index contributed by atoms with van der Waals surface area (Å²) in [6.07, 6.45) is 9.69. The highest BCUT2D eigenvalue weighted by Gasteiger charge is 2.29. The fourth-order valence-electron chi connectivity index (χ4n) is 3.17. The summed E-state index contributed by atoms with van der Waals surface area (Å²) in [6.45, 7) is 5.23. The van der Waals surface area contributed by atoms with Gasteiger partial charge in [-0.25, -0.2) is 9.97 Å². The molecule has 5 heteroatoms. The molecule has 1 saturated carbocycles. The summed E-state index contributed by atoms with van der Waals surface area (Å²) >= 11 is 0. The molecule has 0 aromatic carbocycles. The first-order chi connectivity index (χ1) is 10.3. The normalized spacial score (nSPS) is 19.4. The molecule has 21 heavy (non-hydrogen) atoms. The van der Waals surface area contributed by atoms with Crippen molar-refractivity contribution in [3.05, 3.63) is 36.0 Å². The third kappa shape index (κ3) is 2.52. The molecule has 3 heterocycles. The lowest BCUT2D eigenvalue weighted by Gasteiger charge is -2.40. The van der Waals surface area contributed by atoms with Crippen LogP contribution in [0.2, 0.25) is 0 Å². The van der Waals surface area contributed by atoms with Gasteiger partial charge >= 0.3 is 0 Å². The zero-order valence-corrected chi connectivity index (χ0v) is 12.4. The predicted octanol–water partition coefficient (Wildman–Crippen LogP) is 2.39. The highest BCUT2D eigenvalue weighted by Crippen LogP contribution is 2.36. The monoisotopic (exact) mass is 283 g/mol. The van der Waals surface area contributed by atoms with E-state index in [0.29, 0.717) is 11.8 Å². The minimum Gasteiger partial charge on any atom is -0.356 e. The van der Waals surface area contributed by atoms with Crippen molar-refractivity contribution in [2.24, 2.45) is 5.92 Å². The summed E-state index contributed by atoms with van der Waals surface area (Å²) in [5.41, 5.74) is 2.46. The Hall–Kier alpha value is -1.91. The molecule has 0 radical (unpaired) electrons. The standard InChI is InChI=1S/C16H21N5/c1-12-6-19-21(7-12)10-13-8-20(9-13)16-5-15(17-11-18-16)14-3-2-4-14/h5-7,11,13-14H,2-4,8-10H2,1H3. The molecule has 110 valence electrons. The molecule has 1 aliphatic heterocycles. The van der Waals surface area contributed by atoms with Gasteiger partial charge in [-0.3, -0.25) is 4.68 Å². The summed E-state index contributed by atoms with van der Waals surface area (Å²) in [5, 5.41) is 4.36. The van der Waals surface area contributed by atoms with Crippen molar-refractivity contribution in [3.63, 3.8) is 0 Å². The summed E-state index contributed by atoms with van der Waals surface area (Å²) in [5.74, 6) is 2.45. The van der Waals surface area contributed by atoms with Gasteiger partial charge in [0.1, 0.15) is 12.1 Å². The number of anilines is 1. The molecule has 0 N–H and O–H groups in total. The zero-order valence-electron chi connectivity index (χ0n) is 12.4. The molecule has 0 unspecified atom stereocenters. The van der Waals surface area contributed by atoms with Crippen molar-refractivity contribution in [3.8, 4) is 0 Å². The molecule has 2 fully saturated rings. The van der Waals surface area contributed by atoms with Crippen LogP contribution in [0.5, 0.6) is 0 Å². The smallest absolute Gasteiger partial charge is 0.132 e. The first-order valence-corrected chi connectivity index (χ1v) is 7.84. The van der Waals surface area contributed by atoms with Crippen LogP contribution in [0.4, 0.5) is 5.82 Å². The van der Waals surface area contributed by atoms with Gasteiger partial charge in [0.05, 0.1) is 6.20 Å². The molecule has 1 saturated heterocycles. The Morgan fingerprint density at radius 3 is 2.76 bits per heavy atom. The first-order valence-electron chi connectivity index (χ1n) is 7.84. The number of aromatic nitrogens is 4. The Morgan fingerprint density at radius 1 is 1.24 bits per heavy atom. The summed E-state index contributed by atoms with van der Waals surface area (Å²) in [6, 6.07) is 2.19. The van der Waals surface area contributed by atoms with Gasteiger partial charge in [0.15, 0.2) is 0 Å². The average molecular weight is 283 g/mol. The van der Waals surface area contributed by atoms with Crippen molar-refractivity contribution >= 4 is 5.82 Å². The number of rotatable bonds is 4. The average Bonchev–Trinajstić information content (AvgIpc) is 2.77. The lowest BCUT2D eigenvalue weighted by atomic mass is 9.83. The van der Waals surface area contributed by atoms with E-state index >= 15 is 0 Å². The van der Waals surface area contributed by atoms with E-state index < -0.39 is 0 Å². The van der Waals surface area contributed by atoms with Gasteiger partial charge in [-0.2, -0.15) is 5.10 Å². The van der Waals surface area contributed by atoms with E-state index in [-0.39, 0.29) is 0 Å². The van der Waals surface area contributed by atoms with E-state index in [2.05, 4.69) is 43.8 Å². The van der Waals surface area contributed by atoms with Gasteiger partial charge in [-0.05, 0) is 25.3 Å². The van der Waals surface area contributed by atoms with Crippen LogP contribution in [0.1, 0.15) is 36.4 Å². The third-order valence-corrected chi connectivity index (χ3v) is 4.69. The molecule has 5 nitrogen and oxygen atoms in total. The topological polar surface area (TPSA) is 46.8 Å². The Kier molecular flexibility index (Phi) is 3.13. The van der Waals surface area contributed by atoms with Crippen LogP contribution in [0.3, 0.4) is 0 Å². The number of hydrogen-bond acceptors (Lipinski definition) is 4. The van der Waals surface area contributed by atoms with Crippen LogP contribution in [0.25, 0.3) is 0 Å². The fraction of sp³-hybridized carbons (Fsp3) is 0.562. The Bertz CT molecular complexity index is 625. The van der Waals surface area contributed by atoms with Crippen LogP contribution in [0, 0.1) is 12.8 Å². The Labute approximate surface area is 125 Å². The molecule has 2 aromatic heterocycles. The van der Waals surface area contributed by atoms with Crippen molar-refractivity contribution in [1.29, 1.82) is 0 Å². The molecular weight excluding hydrogens is 262 g/mol. The highest BCUT2D eigenvalue weighted by atomic mass is 15.3. The fourth-order valence-corrected chi connectivity index (χ4v) is 3.17. The summed E-state index contributed by atoms with van der Waals surface area (Å²) in [7, 11) is 0. The lowest BCUT2D eigenvalue weighted by molar-refractivity contribution is 0.339. The van der Waals surface area contributed by atoms with Crippen LogP contribution in [-0.2, 0) is 6.54 Å². The predicted molar refractivity (Wildman–Crippen MR) is 81.3 cm³/mol. The first kappa shape index (κ1) is 12.8. The summed E-state index contributed by atoms with van der Waals surface area (Å²) < 4.78 is 2.05. The van der Waals surface area contributed by atoms with Gasteiger partial charge in [0, 0.05) is 49.4 Å². The van der Waals surface area contributed by atoms with Crippen molar-refractivity contribution < 1.29 is 0 Å². The minimum absolute atomic E-state index is 0.673. The molecule has 2 aromatic rings. The van der Waals surface area contributed by atoms with Gasteiger partial charge in [0.25, 0.3) is 0 Å². The number of nitrogens with zero attached hydrogens (tertiary/aromatic N) is 5. The highest BCUT2D eigenvalue weighted by molar-refractivity contribution is 5.42. The van der Waals surface area contributed by atoms with E-state index in [1.54, 1.807) is 6.33 Å². The van der Waals surface area contributed by atoms with E-state index in [1.165, 1.54) is 30.5 Å². The van der Waals surface area contributed by atoms with Gasteiger partial charge < -0.3 is 4.90 Å². The second-order valence-electron chi connectivity index (χ2n) is 6.44. The number of aryl methyl sites for hydroxylation is 1. The molecule has 0 atom stereocenters. The largest absolute Gasteiger partial charge is 0.356 e. The van der Waals surface area contributed by atoms with Gasteiger partial charge in [-0.15, -0.1) is 0 Å². The van der Waals surface area contributed by atoms with E-state index in [0.717, 1.165) is 25.5 Å². The minimum atomic E-state index is 0.673. The molecule has 0 spiro atoms. The number of hydrogen-bond donors (Lipinski definition) is 0. The maximum atomic E-state index is 4.44. The summed E-state index contributed by atoms with van der Waals surface area (Å²) in [4.78, 5) is 11.2. The Balaban J connectivity index is 1.36. The molecule has 0 amide bonds. The molecule has 1 aliphatic carbocycles. The van der Waals surface area contributed by atoms with Crippen molar-refractivity contribution in [2.75, 3.05) is 18.0 Å². The molecular formula is C16H21N5.